The number of carbonyl (C=O) groups excluding carboxylic acids is 1. The number of nitrogens with one attached hydrogen (secondary N) is 2. The third kappa shape index (κ3) is 5.04. The largest absolute Gasteiger partial charge is 0.326 e. The van der Waals surface area contributed by atoms with E-state index in [0.29, 0.717) is 11.3 Å². The minimum absolute atomic E-state index is 0.0243. The SMILES string of the molecule is CCNC1CCC(C)CC1Sc1ccc(NC(C)=O)cc1. The van der Waals surface area contributed by atoms with Gasteiger partial charge in [-0.1, -0.05) is 13.8 Å². The van der Waals surface area contributed by atoms with Crippen LogP contribution in [0.2, 0.25) is 0 Å². The molecule has 3 unspecified atom stereocenters. The van der Waals surface area contributed by atoms with E-state index in [-0.39, 0.29) is 5.91 Å². The molecule has 1 aromatic carbocycles. The maximum atomic E-state index is 11.0. The molecule has 1 saturated carbocycles. The average molecular weight is 306 g/mol. The van der Waals surface area contributed by atoms with Crippen LogP contribution < -0.4 is 10.6 Å². The minimum Gasteiger partial charge on any atom is -0.326 e. The summed E-state index contributed by atoms with van der Waals surface area (Å²) in [6.45, 7) is 7.11. The van der Waals surface area contributed by atoms with E-state index in [1.807, 2.05) is 23.9 Å². The van der Waals surface area contributed by atoms with Crippen LogP contribution >= 0.6 is 11.8 Å². The van der Waals surface area contributed by atoms with Gasteiger partial charge in [0.05, 0.1) is 0 Å². The molecule has 1 aromatic rings. The molecule has 21 heavy (non-hydrogen) atoms. The van der Waals surface area contributed by atoms with Crippen molar-refractivity contribution in [1.82, 2.24) is 5.32 Å². The normalized spacial score (nSPS) is 25.6. The molecule has 0 radical (unpaired) electrons. The lowest BCUT2D eigenvalue weighted by molar-refractivity contribution is -0.114. The van der Waals surface area contributed by atoms with Gasteiger partial charge in [-0.25, -0.2) is 0 Å². The summed E-state index contributed by atoms with van der Waals surface area (Å²) in [5.41, 5.74) is 0.868. The first-order valence-corrected chi connectivity index (χ1v) is 8.74. The predicted octanol–water partition coefficient (Wildman–Crippen LogP) is 3.90. The quantitative estimate of drug-likeness (QED) is 0.867. The van der Waals surface area contributed by atoms with E-state index in [1.54, 1.807) is 0 Å². The van der Waals surface area contributed by atoms with Crippen LogP contribution in [0.5, 0.6) is 0 Å². The van der Waals surface area contributed by atoms with Crippen molar-refractivity contribution in [2.45, 2.75) is 56.2 Å². The first kappa shape index (κ1) is 16.4. The lowest BCUT2D eigenvalue weighted by atomic mass is 9.87. The van der Waals surface area contributed by atoms with Crippen molar-refractivity contribution in [2.24, 2.45) is 5.92 Å². The summed E-state index contributed by atoms with van der Waals surface area (Å²) in [5, 5.41) is 7.09. The Hall–Kier alpha value is -1.00. The summed E-state index contributed by atoms with van der Waals surface area (Å²) in [7, 11) is 0. The first-order valence-electron chi connectivity index (χ1n) is 7.86. The second-order valence-corrected chi connectivity index (χ2v) is 7.26. The van der Waals surface area contributed by atoms with Crippen molar-refractivity contribution >= 4 is 23.4 Å². The van der Waals surface area contributed by atoms with Crippen LogP contribution in [0, 0.1) is 5.92 Å². The zero-order valence-electron chi connectivity index (χ0n) is 13.2. The molecule has 3 atom stereocenters. The molecule has 0 heterocycles. The topological polar surface area (TPSA) is 41.1 Å². The number of thioether (sulfide) groups is 1. The smallest absolute Gasteiger partial charge is 0.221 e. The monoisotopic (exact) mass is 306 g/mol. The lowest BCUT2D eigenvalue weighted by Crippen LogP contribution is -2.42. The third-order valence-corrected chi connectivity index (χ3v) is 5.35. The Morgan fingerprint density at radius 3 is 2.62 bits per heavy atom. The van der Waals surface area contributed by atoms with Gasteiger partial charge in [-0.2, -0.15) is 0 Å². The minimum atomic E-state index is -0.0243. The van der Waals surface area contributed by atoms with Gasteiger partial charge < -0.3 is 10.6 Å². The molecular weight excluding hydrogens is 280 g/mol. The fraction of sp³-hybridized carbons (Fsp3) is 0.588. The maximum Gasteiger partial charge on any atom is 0.221 e. The van der Waals surface area contributed by atoms with Gasteiger partial charge in [0.1, 0.15) is 0 Å². The molecule has 1 aliphatic carbocycles. The van der Waals surface area contributed by atoms with Gasteiger partial charge >= 0.3 is 0 Å². The second-order valence-electron chi connectivity index (χ2n) is 5.94. The van der Waals surface area contributed by atoms with Gasteiger partial charge in [0.15, 0.2) is 0 Å². The standard InChI is InChI=1S/C17H26N2OS/c1-4-18-16-10-5-12(2)11-17(16)21-15-8-6-14(7-9-15)19-13(3)20/h6-9,12,16-18H,4-5,10-11H2,1-3H3,(H,19,20). The molecule has 3 nitrogen and oxygen atoms in total. The molecule has 0 bridgehead atoms. The van der Waals surface area contributed by atoms with Gasteiger partial charge in [0.2, 0.25) is 5.91 Å². The summed E-state index contributed by atoms with van der Waals surface area (Å²) >= 11 is 1.97. The number of hydrogen-bond acceptors (Lipinski definition) is 3. The maximum absolute atomic E-state index is 11.0. The van der Waals surface area contributed by atoms with Crippen LogP contribution in [0.4, 0.5) is 5.69 Å². The highest BCUT2D eigenvalue weighted by molar-refractivity contribution is 8.00. The Kier molecular flexibility index (Phi) is 6.12. The average Bonchev–Trinajstić information content (AvgIpc) is 2.43. The molecule has 1 amide bonds. The second kappa shape index (κ2) is 7.85. The Balaban J connectivity index is 1.99. The highest BCUT2D eigenvalue weighted by Crippen LogP contribution is 2.36. The first-order chi connectivity index (χ1) is 10.1. The van der Waals surface area contributed by atoms with Gasteiger partial charge in [-0.05, 0) is 56.0 Å². The number of rotatable bonds is 5. The molecule has 116 valence electrons. The van der Waals surface area contributed by atoms with E-state index in [0.717, 1.165) is 18.2 Å². The molecule has 1 aliphatic rings. The van der Waals surface area contributed by atoms with E-state index in [9.17, 15) is 4.79 Å². The molecule has 0 spiro atoms. The zero-order valence-corrected chi connectivity index (χ0v) is 14.0. The fourth-order valence-electron chi connectivity index (χ4n) is 2.95. The summed E-state index contributed by atoms with van der Waals surface area (Å²) in [5.74, 6) is 0.791. The van der Waals surface area contributed by atoms with Crippen LogP contribution in [0.15, 0.2) is 29.2 Å². The van der Waals surface area contributed by atoms with Crippen molar-refractivity contribution < 1.29 is 4.79 Å². The van der Waals surface area contributed by atoms with Crippen LogP contribution in [0.3, 0.4) is 0 Å². The summed E-state index contributed by atoms with van der Waals surface area (Å²) < 4.78 is 0. The number of carbonyl (C=O) groups is 1. The predicted molar refractivity (Wildman–Crippen MR) is 90.9 cm³/mol. The number of anilines is 1. The van der Waals surface area contributed by atoms with Gasteiger partial charge in [0, 0.05) is 28.8 Å². The Morgan fingerprint density at radius 2 is 2.00 bits per heavy atom. The van der Waals surface area contributed by atoms with Crippen LogP contribution in [-0.2, 0) is 4.79 Å². The van der Waals surface area contributed by atoms with Crippen LogP contribution in [0.1, 0.15) is 40.0 Å². The highest BCUT2D eigenvalue weighted by Gasteiger charge is 2.28. The summed E-state index contributed by atoms with van der Waals surface area (Å²) in [6, 6.07) is 8.80. The molecule has 2 rings (SSSR count). The van der Waals surface area contributed by atoms with Crippen LogP contribution in [0.25, 0.3) is 0 Å². The van der Waals surface area contributed by atoms with E-state index in [4.69, 9.17) is 0 Å². The van der Waals surface area contributed by atoms with Crippen molar-refractivity contribution in [3.63, 3.8) is 0 Å². The fourth-order valence-corrected chi connectivity index (χ4v) is 4.41. The van der Waals surface area contributed by atoms with Crippen LogP contribution in [-0.4, -0.2) is 23.7 Å². The molecule has 0 saturated heterocycles. The number of hydrogen-bond donors (Lipinski definition) is 2. The summed E-state index contributed by atoms with van der Waals surface area (Å²) in [4.78, 5) is 12.3. The lowest BCUT2D eigenvalue weighted by Gasteiger charge is -2.35. The van der Waals surface area contributed by atoms with Gasteiger partial charge in [0.25, 0.3) is 0 Å². The van der Waals surface area contributed by atoms with E-state index in [1.165, 1.54) is 31.1 Å². The number of amides is 1. The Bertz CT molecular complexity index is 460. The molecule has 4 heteroatoms. The molecule has 1 fully saturated rings. The highest BCUT2D eigenvalue weighted by atomic mass is 32.2. The number of benzene rings is 1. The van der Waals surface area contributed by atoms with Crippen molar-refractivity contribution in [2.75, 3.05) is 11.9 Å². The molecule has 2 N–H and O–H groups in total. The zero-order chi connectivity index (χ0) is 15.2. The van der Waals surface area contributed by atoms with E-state index < -0.39 is 0 Å². The van der Waals surface area contributed by atoms with E-state index in [2.05, 4.69) is 36.6 Å². The van der Waals surface area contributed by atoms with Crippen molar-refractivity contribution in [3.8, 4) is 0 Å². The van der Waals surface area contributed by atoms with Gasteiger partial charge in [-0.3, -0.25) is 4.79 Å². The van der Waals surface area contributed by atoms with Gasteiger partial charge in [-0.15, -0.1) is 11.8 Å². The summed E-state index contributed by atoms with van der Waals surface area (Å²) in [6.07, 6.45) is 3.88. The Labute approximate surface area is 132 Å². The van der Waals surface area contributed by atoms with Crippen molar-refractivity contribution in [1.29, 1.82) is 0 Å². The molecule has 0 aromatic heterocycles. The van der Waals surface area contributed by atoms with Crippen molar-refractivity contribution in [3.05, 3.63) is 24.3 Å². The Morgan fingerprint density at radius 1 is 1.29 bits per heavy atom. The molecular formula is C17H26N2OS. The molecule has 0 aliphatic heterocycles. The third-order valence-electron chi connectivity index (χ3n) is 3.98. The van der Waals surface area contributed by atoms with E-state index >= 15 is 0 Å².